The van der Waals surface area contributed by atoms with Crippen molar-refractivity contribution in [1.29, 1.82) is 0 Å². The van der Waals surface area contributed by atoms with Gasteiger partial charge in [-0.2, -0.15) is 0 Å². The van der Waals surface area contributed by atoms with Crippen LogP contribution in [-0.4, -0.2) is 63.1 Å². The molecule has 1 heterocycles. The Morgan fingerprint density at radius 3 is 2.74 bits per heavy atom. The Morgan fingerprint density at radius 2 is 2.04 bits per heavy atom. The van der Waals surface area contributed by atoms with Gasteiger partial charge in [0.1, 0.15) is 12.4 Å². The summed E-state index contributed by atoms with van der Waals surface area (Å²) in [5.41, 5.74) is 1.79. The molecule has 1 aromatic carbocycles. The molecule has 0 amide bonds. The van der Waals surface area contributed by atoms with Gasteiger partial charge in [-0.25, -0.2) is 0 Å². The maximum absolute atomic E-state index is 5.84. The highest BCUT2D eigenvalue weighted by Gasteiger charge is 2.41. The van der Waals surface area contributed by atoms with Crippen LogP contribution < -0.4 is 10.1 Å². The lowest BCUT2D eigenvalue weighted by molar-refractivity contribution is 0.261. The molecule has 6 heteroatoms. The van der Waals surface area contributed by atoms with E-state index in [1.54, 1.807) is 0 Å². The number of nitrogens with one attached hydrogen (secondary N) is 1. The lowest BCUT2D eigenvalue weighted by atomic mass is 9.86. The maximum atomic E-state index is 5.84. The van der Waals surface area contributed by atoms with Crippen LogP contribution in [0.15, 0.2) is 29.3 Å². The van der Waals surface area contributed by atoms with Crippen molar-refractivity contribution >= 4 is 29.9 Å². The Bertz CT molecular complexity index is 614. The van der Waals surface area contributed by atoms with Crippen molar-refractivity contribution in [2.24, 2.45) is 10.4 Å². The fraction of sp³-hybridized carbons (Fsp3) is 0.667. The molecule has 1 aliphatic heterocycles. The van der Waals surface area contributed by atoms with Crippen molar-refractivity contribution in [3.8, 4) is 5.75 Å². The third-order valence-electron chi connectivity index (χ3n) is 5.77. The molecule has 0 radical (unpaired) electrons. The van der Waals surface area contributed by atoms with E-state index in [1.165, 1.54) is 44.2 Å². The van der Waals surface area contributed by atoms with Crippen LogP contribution in [0.5, 0.6) is 5.75 Å². The van der Waals surface area contributed by atoms with E-state index < -0.39 is 0 Å². The first-order valence-electron chi connectivity index (χ1n) is 9.92. The minimum Gasteiger partial charge on any atom is -0.492 e. The van der Waals surface area contributed by atoms with Crippen molar-refractivity contribution in [2.75, 3.05) is 47.4 Å². The molecule has 27 heavy (non-hydrogen) atoms. The Kier molecular flexibility index (Phi) is 8.66. The summed E-state index contributed by atoms with van der Waals surface area (Å²) in [5.74, 6) is 1.97. The van der Waals surface area contributed by atoms with Crippen molar-refractivity contribution in [3.05, 3.63) is 29.8 Å². The summed E-state index contributed by atoms with van der Waals surface area (Å²) < 4.78 is 5.84. The van der Waals surface area contributed by atoms with Crippen molar-refractivity contribution < 1.29 is 4.74 Å². The molecule has 5 nitrogen and oxygen atoms in total. The SMILES string of the molecule is CN=C(NCc1cccc(OCCN(C)C)c1)N1CCC2(CCCC2)C1.I. The predicted molar refractivity (Wildman–Crippen MR) is 123 cm³/mol. The van der Waals surface area contributed by atoms with Gasteiger partial charge < -0.3 is 19.9 Å². The molecule has 1 spiro atoms. The molecule has 152 valence electrons. The second kappa shape index (κ2) is 10.5. The lowest BCUT2D eigenvalue weighted by Gasteiger charge is -2.26. The highest BCUT2D eigenvalue weighted by atomic mass is 127. The normalized spacial score (nSPS) is 18.8. The Balaban J connectivity index is 0.00000261. The molecule has 0 bridgehead atoms. The number of ether oxygens (including phenoxy) is 1. The summed E-state index contributed by atoms with van der Waals surface area (Å²) in [5, 5.41) is 3.55. The molecule has 1 saturated carbocycles. The number of benzene rings is 1. The Hall–Kier alpha value is -1.02. The molecule has 2 fully saturated rings. The van der Waals surface area contributed by atoms with Gasteiger partial charge in [-0.3, -0.25) is 4.99 Å². The van der Waals surface area contributed by atoms with Crippen LogP contribution in [0.3, 0.4) is 0 Å². The summed E-state index contributed by atoms with van der Waals surface area (Å²) in [6, 6.07) is 8.35. The van der Waals surface area contributed by atoms with E-state index in [2.05, 4.69) is 52.4 Å². The van der Waals surface area contributed by atoms with E-state index in [0.717, 1.165) is 31.3 Å². The van der Waals surface area contributed by atoms with Crippen molar-refractivity contribution in [1.82, 2.24) is 15.1 Å². The van der Waals surface area contributed by atoms with Crippen molar-refractivity contribution in [2.45, 2.75) is 38.6 Å². The van der Waals surface area contributed by atoms with Crippen molar-refractivity contribution in [3.63, 3.8) is 0 Å². The first-order valence-corrected chi connectivity index (χ1v) is 9.92. The zero-order valence-electron chi connectivity index (χ0n) is 17.0. The second-order valence-corrected chi connectivity index (χ2v) is 8.08. The summed E-state index contributed by atoms with van der Waals surface area (Å²) in [6.07, 6.45) is 6.92. The number of halogens is 1. The minimum absolute atomic E-state index is 0. The van der Waals surface area contributed by atoms with Crippen LogP contribution in [0.25, 0.3) is 0 Å². The predicted octanol–water partition coefficient (Wildman–Crippen LogP) is 3.59. The largest absolute Gasteiger partial charge is 0.492 e. The molecule has 1 aliphatic carbocycles. The molecule has 1 N–H and O–H groups in total. The third-order valence-corrected chi connectivity index (χ3v) is 5.77. The number of hydrogen-bond acceptors (Lipinski definition) is 3. The molecule has 2 aliphatic rings. The number of nitrogens with zero attached hydrogens (tertiary/aromatic N) is 3. The molecule has 1 saturated heterocycles. The summed E-state index contributed by atoms with van der Waals surface area (Å²) in [7, 11) is 6.01. The fourth-order valence-electron chi connectivity index (χ4n) is 4.25. The third kappa shape index (κ3) is 6.24. The number of guanidine groups is 1. The Labute approximate surface area is 181 Å². The lowest BCUT2D eigenvalue weighted by Crippen LogP contribution is -2.40. The van der Waals surface area contributed by atoms with E-state index in [1.807, 2.05) is 13.1 Å². The van der Waals surface area contributed by atoms with E-state index >= 15 is 0 Å². The van der Waals surface area contributed by atoms with Gasteiger partial charge in [0.05, 0.1) is 0 Å². The molecule has 0 atom stereocenters. The van der Waals surface area contributed by atoms with E-state index in [-0.39, 0.29) is 24.0 Å². The number of likely N-dealkylation sites (tertiary alicyclic amines) is 1. The zero-order valence-corrected chi connectivity index (χ0v) is 19.4. The Morgan fingerprint density at radius 1 is 1.26 bits per heavy atom. The number of aliphatic imine (C=N–C) groups is 1. The second-order valence-electron chi connectivity index (χ2n) is 8.08. The zero-order chi connectivity index (χ0) is 18.4. The van der Waals surface area contributed by atoms with Gasteiger partial charge in [0, 0.05) is 33.2 Å². The quantitative estimate of drug-likeness (QED) is 0.379. The average Bonchev–Trinajstić information content (AvgIpc) is 3.26. The molecule has 1 aromatic rings. The van der Waals surface area contributed by atoms with Gasteiger partial charge >= 0.3 is 0 Å². The molecular formula is C21H35IN4O. The van der Waals surface area contributed by atoms with E-state index in [9.17, 15) is 0 Å². The summed E-state index contributed by atoms with van der Waals surface area (Å²) in [4.78, 5) is 9.10. The van der Waals surface area contributed by atoms with Gasteiger partial charge in [-0.05, 0) is 56.5 Å². The summed E-state index contributed by atoms with van der Waals surface area (Å²) in [6.45, 7) is 4.71. The van der Waals surface area contributed by atoms with Crippen LogP contribution >= 0.6 is 24.0 Å². The van der Waals surface area contributed by atoms with Gasteiger partial charge in [-0.15, -0.1) is 24.0 Å². The van der Waals surface area contributed by atoms with Crippen LogP contribution in [0.4, 0.5) is 0 Å². The highest BCUT2D eigenvalue weighted by molar-refractivity contribution is 14.0. The number of rotatable bonds is 6. The van der Waals surface area contributed by atoms with E-state index in [0.29, 0.717) is 12.0 Å². The highest BCUT2D eigenvalue weighted by Crippen LogP contribution is 2.45. The maximum Gasteiger partial charge on any atom is 0.193 e. The topological polar surface area (TPSA) is 40.1 Å². The first kappa shape index (κ1) is 22.3. The van der Waals surface area contributed by atoms with E-state index in [4.69, 9.17) is 4.74 Å². The van der Waals surface area contributed by atoms with Gasteiger partial charge in [0.2, 0.25) is 0 Å². The number of hydrogen-bond donors (Lipinski definition) is 1. The minimum atomic E-state index is 0. The van der Waals surface area contributed by atoms with Gasteiger partial charge in [0.15, 0.2) is 5.96 Å². The smallest absolute Gasteiger partial charge is 0.193 e. The number of likely N-dealkylation sites (N-methyl/N-ethyl adjacent to an activating group) is 1. The summed E-state index contributed by atoms with van der Waals surface area (Å²) >= 11 is 0. The molecule has 0 aromatic heterocycles. The molecule has 3 rings (SSSR count). The monoisotopic (exact) mass is 486 g/mol. The molecule has 0 unspecified atom stereocenters. The van der Waals surface area contributed by atoms with Gasteiger partial charge in [0.25, 0.3) is 0 Å². The van der Waals surface area contributed by atoms with Gasteiger partial charge in [-0.1, -0.05) is 25.0 Å². The van der Waals surface area contributed by atoms with Crippen LogP contribution in [0.1, 0.15) is 37.7 Å². The van der Waals surface area contributed by atoms with Crippen LogP contribution in [0.2, 0.25) is 0 Å². The molecular weight excluding hydrogens is 451 g/mol. The van der Waals surface area contributed by atoms with Crippen LogP contribution in [0, 0.1) is 5.41 Å². The standard InChI is InChI=1S/C21H34N4O.HI/c1-22-20(25-12-11-21(17-25)9-4-5-10-21)23-16-18-7-6-8-19(15-18)26-14-13-24(2)3;/h6-8,15H,4-5,9-14,16-17H2,1-3H3,(H,22,23);1H. The first-order chi connectivity index (χ1) is 12.6. The fourth-order valence-corrected chi connectivity index (χ4v) is 4.25. The van der Waals surface area contributed by atoms with Crippen LogP contribution in [-0.2, 0) is 6.54 Å². The average molecular weight is 486 g/mol.